The fourth-order valence-electron chi connectivity index (χ4n) is 1.51. The number of hydrogen-bond donors (Lipinski definition) is 0. The summed E-state index contributed by atoms with van der Waals surface area (Å²) in [6.45, 7) is 3.41. The number of esters is 1. The molecule has 0 fully saturated rings. The van der Waals surface area contributed by atoms with Gasteiger partial charge in [0.1, 0.15) is 0 Å². The van der Waals surface area contributed by atoms with Gasteiger partial charge in [-0.25, -0.2) is 0 Å². The molecule has 0 radical (unpaired) electrons. The van der Waals surface area contributed by atoms with Crippen LogP contribution in [0.25, 0.3) is 0 Å². The Morgan fingerprint density at radius 3 is 2.71 bits per heavy atom. The van der Waals surface area contributed by atoms with Crippen molar-refractivity contribution in [1.82, 2.24) is 0 Å². The Morgan fingerprint density at radius 2 is 2.18 bits per heavy atom. The normalized spacial score (nSPS) is 10.1. The number of carbonyl (C=O) groups is 1. The zero-order valence-corrected chi connectivity index (χ0v) is 9.53. The van der Waals surface area contributed by atoms with Gasteiger partial charge in [0.25, 0.3) is 0 Å². The predicted molar refractivity (Wildman–Crippen MR) is 58.1 cm³/mol. The molecule has 17 heavy (non-hydrogen) atoms. The molecule has 0 heterocycles. The first-order valence-electron chi connectivity index (χ1n) is 5.04. The number of halogens is 1. The zero-order valence-electron chi connectivity index (χ0n) is 9.53. The van der Waals surface area contributed by atoms with Crippen molar-refractivity contribution in [2.75, 3.05) is 6.61 Å². The molecule has 0 aliphatic heterocycles. The van der Waals surface area contributed by atoms with E-state index in [4.69, 9.17) is 0 Å². The van der Waals surface area contributed by atoms with Gasteiger partial charge in [-0.1, -0.05) is 0 Å². The lowest BCUT2D eigenvalue weighted by atomic mass is 10.1. The zero-order chi connectivity index (χ0) is 13.0. The van der Waals surface area contributed by atoms with E-state index in [2.05, 4.69) is 4.74 Å². The Morgan fingerprint density at radius 1 is 1.53 bits per heavy atom. The van der Waals surface area contributed by atoms with E-state index in [9.17, 15) is 19.3 Å². The van der Waals surface area contributed by atoms with Crippen molar-refractivity contribution in [3.05, 3.63) is 39.2 Å². The highest BCUT2D eigenvalue weighted by Gasteiger charge is 2.22. The summed E-state index contributed by atoms with van der Waals surface area (Å²) in [6, 6.07) is 2.48. The number of benzene rings is 1. The van der Waals surface area contributed by atoms with E-state index in [1.54, 1.807) is 13.8 Å². The molecular formula is C11H12FNO4. The minimum atomic E-state index is -0.936. The number of nitro benzene ring substituents is 1. The molecule has 0 unspecified atom stereocenters. The molecule has 1 aromatic rings. The molecule has 0 saturated carbocycles. The summed E-state index contributed by atoms with van der Waals surface area (Å²) in [5.74, 6) is -1.55. The molecule has 0 aliphatic carbocycles. The molecule has 0 atom stereocenters. The van der Waals surface area contributed by atoms with Crippen LogP contribution < -0.4 is 0 Å². The van der Waals surface area contributed by atoms with Gasteiger partial charge < -0.3 is 4.74 Å². The summed E-state index contributed by atoms with van der Waals surface area (Å²) in [7, 11) is 0. The lowest BCUT2D eigenvalue weighted by Crippen LogP contribution is -2.10. The molecular weight excluding hydrogens is 229 g/mol. The third-order valence-electron chi connectivity index (χ3n) is 2.11. The van der Waals surface area contributed by atoms with Crippen molar-refractivity contribution in [1.29, 1.82) is 0 Å². The molecule has 0 amide bonds. The Labute approximate surface area is 97.3 Å². The SMILES string of the molecule is CCOC(=O)Cc1cc(C)cc(F)c1[N+](=O)[O-]. The largest absolute Gasteiger partial charge is 0.466 e. The molecule has 0 aromatic heterocycles. The van der Waals surface area contributed by atoms with E-state index in [1.807, 2.05) is 0 Å². The predicted octanol–water partition coefficient (Wildman–Crippen LogP) is 2.15. The van der Waals surface area contributed by atoms with Crippen LogP contribution in [0.2, 0.25) is 0 Å². The maximum atomic E-state index is 13.4. The summed E-state index contributed by atoms with van der Waals surface area (Å²) in [5, 5.41) is 10.7. The fourth-order valence-corrected chi connectivity index (χ4v) is 1.51. The van der Waals surface area contributed by atoms with Gasteiger partial charge >= 0.3 is 11.7 Å². The number of rotatable bonds is 4. The summed E-state index contributed by atoms with van der Waals surface area (Å²) >= 11 is 0. The average Bonchev–Trinajstić information content (AvgIpc) is 2.15. The van der Waals surface area contributed by atoms with Crippen molar-refractivity contribution in [3.8, 4) is 0 Å². The molecule has 1 aromatic carbocycles. The second kappa shape index (κ2) is 5.38. The van der Waals surface area contributed by atoms with E-state index in [-0.39, 0.29) is 18.6 Å². The van der Waals surface area contributed by atoms with Gasteiger partial charge in [-0.05, 0) is 31.5 Å². The van der Waals surface area contributed by atoms with Crippen molar-refractivity contribution in [2.24, 2.45) is 0 Å². The quantitative estimate of drug-likeness (QED) is 0.460. The van der Waals surface area contributed by atoms with Gasteiger partial charge in [0, 0.05) is 5.56 Å². The summed E-state index contributed by atoms with van der Waals surface area (Å²) in [6.07, 6.45) is -0.303. The minimum Gasteiger partial charge on any atom is -0.466 e. The third-order valence-corrected chi connectivity index (χ3v) is 2.11. The number of hydrogen-bond acceptors (Lipinski definition) is 4. The Bertz CT molecular complexity index is 459. The Balaban J connectivity index is 3.12. The molecule has 0 aliphatic rings. The lowest BCUT2D eigenvalue weighted by Gasteiger charge is -2.05. The molecule has 0 saturated heterocycles. The van der Waals surface area contributed by atoms with Gasteiger partial charge in [-0.2, -0.15) is 4.39 Å². The van der Waals surface area contributed by atoms with Gasteiger partial charge in [-0.15, -0.1) is 0 Å². The number of nitrogens with zero attached hydrogens (tertiary/aromatic N) is 1. The summed E-state index contributed by atoms with van der Waals surface area (Å²) < 4.78 is 18.1. The van der Waals surface area contributed by atoms with Crippen LogP contribution in [0.15, 0.2) is 12.1 Å². The van der Waals surface area contributed by atoms with Crippen molar-refractivity contribution >= 4 is 11.7 Å². The highest BCUT2D eigenvalue weighted by molar-refractivity contribution is 5.74. The molecule has 6 heteroatoms. The maximum absolute atomic E-state index is 13.4. The monoisotopic (exact) mass is 241 g/mol. The number of ether oxygens (including phenoxy) is 1. The van der Waals surface area contributed by atoms with Crippen LogP contribution in [0.5, 0.6) is 0 Å². The van der Waals surface area contributed by atoms with Gasteiger partial charge in [0.05, 0.1) is 18.0 Å². The minimum absolute atomic E-state index is 0.0333. The van der Waals surface area contributed by atoms with Crippen molar-refractivity contribution < 1.29 is 18.8 Å². The number of nitro groups is 1. The van der Waals surface area contributed by atoms with Crippen LogP contribution in [0.4, 0.5) is 10.1 Å². The van der Waals surface area contributed by atoms with Gasteiger partial charge in [0.15, 0.2) is 0 Å². The molecule has 1 rings (SSSR count). The lowest BCUT2D eigenvalue weighted by molar-refractivity contribution is -0.388. The third kappa shape index (κ3) is 3.24. The van der Waals surface area contributed by atoms with E-state index in [0.717, 1.165) is 6.07 Å². The van der Waals surface area contributed by atoms with Crippen molar-refractivity contribution in [2.45, 2.75) is 20.3 Å². The maximum Gasteiger partial charge on any atom is 0.310 e. The average molecular weight is 241 g/mol. The molecule has 5 nitrogen and oxygen atoms in total. The van der Waals surface area contributed by atoms with Gasteiger partial charge in [0.2, 0.25) is 5.82 Å². The molecule has 0 N–H and O–H groups in total. The fraction of sp³-hybridized carbons (Fsp3) is 0.364. The van der Waals surface area contributed by atoms with E-state index >= 15 is 0 Å². The number of carbonyl (C=O) groups excluding carboxylic acids is 1. The topological polar surface area (TPSA) is 69.4 Å². The first kappa shape index (κ1) is 13.1. The van der Waals surface area contributed by atoms with E-state index in [0.29, 0.717) is 5.56 Å². The van der Waals surface area contributed by atoms with Crippen LogP contribution in [0, 0.1) is 22.9 Å². The summed E-state index contributed by atoms with van der Waals surface area (Å²) in [5.41, 5.74) is -0.109. The Kier molecular flexibility index (Phi) is 4.14. The van der Waals surface area contributed by atoms with Crippen LogP contribution >= 0.6 is 0 Å². The molecule has 0 spiro atoms. The van der Waals surface area contributed by atoms with E-state index < -0.39 is 22.4 Å². The molecule has 92 valence electrons. The van der Waals surface area contributed by atoms with Crippen molar-refractivity contribution in [3.63, 3.8) is 0 Å². The standard InChI is InChI=1S/C11H12FNO4/c1-3-17-10(14)6-8-4-7(2)5-9(12)11(8)13(15)16/h4-5H,3,6H2,1-2H3. The number of aryl methyl sites for hydroxylation is 1. The van der Waals surface area contributed by atoms with Crippen LogP contribution in [0.3, 0.4) is 0 Å². The van der Waals surface area contributed by atoms with E-state index in [1.165, 1.54) is 6.07 Å². The second-order valence-corrected chi connectivity index (χ2v) is 3.49. The second-order valence-electron chi connectivity index (χ2n) is 3.49. The first-order chi connectivity index (χ1) is 7.95. The molecule has 0 bridgehead atoms. The first-order valence-corrected chi connectivity index (χ1v) is 5.04. The summed E-state index contributed by atoms with van der Waals surface area (Å²) in [4.78, 5) is 21.1. The van der Waals surface area contributed by atoms with Crippen LogP contribution in [0.1, 0.15) is 18.1 Å². The van der Waals surface area contributed by atoms with Gasteiger partial charge in [-0.3, -0.25) is 14.9 Å². The highest BCUT2D eigenvalue weighted by atomic mass is 19.1. The van der Waals surface area contributed by atoms with Crippen LogP contribution in [-0.2, 0) is 16.0 Å². The van der Waals surface area contributed by atoms with Crippen LogP contribution in [-0.4, -0.2) is 17.5 Å². The smallest absolute Gasteiger partial charge is 0.310 e. The Hall–Kier alpha value is -1.98. The highest BCUT2D eigenvalue weighted by Crippen LogP contribution is 2.25.